The molecule has 0 aliphatic carbocycles. The number of carbonyl (C=O) groups is 1. The van der Waals surface area contributed by atoms with Crippen molar-refractivity contribution < 1.29 is 14.3 Å². The normalized spacial score (nSPS) is 17.3. The first-order valence-electron chi connectivity index (χ1n) is 8.91. The first kappa shape index (κ1) is 19.2. The van der Waals surface area contributed by atoms with Crippen molar-refractivity contribution in [2.75, 3.05) is 33.4 Å². The maximum Gasteiger partial charge on any atom is 0.250 e. The SMILES string of the molecule is COCCn1nnnc1[C@@H]1CN(C(=O)CCn2c(C)cccc2=O)CCO1. The number of morpholine rings is 1. The lowest BCUT2D eigenvalue weighted by Gasteiger charge is -2.32. The monoisotopic (exact) mass is 376 g/mol. The summed E-state index contributed by atoms with van der Waals surface area (Å²) >= 11 is 0. The van der Waals surface area contributed by atoms with Gasteiger partial charge in [0.15, 0.2) is 5.82 Å². The fourth-order valence-electron chi connectivity index (χ4n) is 3.09. The minimum absolute atomic E-state index is 0.0191. The summed E-state index contributed by atoms with van der Waals surface area (Å²) in [7, 11) is 1.61. The molecule has 0 saturated carbocycles. The van der Waals surface area contributed by atoms with Gasteiger partial charge in [-0.2, -0.15) is 0 Å². The van der Waals surface area contributed by atoms with Crippen LogP contribution in [0.3, 0.4) is 0 Å². The summed E-state index contributed by atoms with van der Waals surface area (Å²) in [5.74, 6) is 0.564. The Kier molecular flexibility index (Phi) is 6.30. The third-order valence-corrected chi connectivity index (χ3v) is 4.59. The highest BCUT2D eigenvalue weighted by molar-refractivity contribution is 5.76. The second kappa shape index (κ2) is 8.87. The van der Waals surface area contributed by atoms with Crippen LogP contribution in [0.15, 0.2) is 23.0 Å². The topological polar surface area (TPSA) is 104 Å². The Labute approximate surface area is 156 Å². The van der Waals surface area contributed by atoms with E-state index in [2.05, 4.69) is 15.5 Å². The molecule has 1 atom stereocenters. The lowest BCUT2D eigenvalue weighted by atomic mass is 10.2. The van der Waals surface area contributed by atoms with Crippen molar-refractivity contribution >= 4 is 5.91 Å². The Morgan fingerprint density at radius 2 is 2.22 bits per heavy atom. The maximum absolute atomic E-state index is 12.6. The van der Waals surface area contributed by atoms with Crippen molar-refractivity contribution in [3.8, 4) is 0 Å². The minimum atomic E-state index is -0.379. The number of rotatable bonds is 7. The highest BCUT2D eigenvalue weighted by atomic mass is 16.5. The molecule has 0 unspecified atom stereocenters. The van der Waals surface area contributed by atoms with Gasteiger partial charge in [-0.3, -0.25) is 9.59 Å². The fraction of sp³-hybridized carbons (Fsp3) is 0.588. The van der Waals surface area contributed by atoms with Crippen molar-refractivity contribution in [1.82, 2.24) is 29.7 Å². The third-order valence-electron chi connectivity index (χ3n) is 4.59. The van der Waals surface area contributed by atoms with E-state index in [9.17, 15) is 9.59 Å². The van der Waals surface area contributed by atoms with Gasteiger partial charge >= 0.3 is 0 Å². The van der Waals surface area contributed by atoms with Crippen LogP contribution < -0.4 is 5.56 Å². The molecule has 146 valence electrons. The molecule has 3 heterocycles. The van der Waals surface area contributed by atoms with Gasteiger partial charge in [-0.15, -0.1) is 5.10 Å². The summed E-state index contributed by atoms with van der Waals surface area (Å²) in [5, 5.41) is 11.7. The molecule has 0 spiro atoms. The summed E-state index contributed by atoms with van der Waals surface area (Å²) in [4.78, 5) is 26.3. The highest BCUT2D eigenvalue weighted by Gasteiger charge is 2.29. The minimum Gasteiger partial charge on any atom is -0.383 e. The summed E-state index contributed by atoms with van der Waals surface area (Å²) in [6.07, 6.45) is -0.123. The van der Waals surface area contributed by atoms with Gasteiger partial charge in [-0.05, 0) is 23.4 Å². The lowest BCUT2D eigenvalue weighted by molar-refractivity contribution is -0.139. The zero-order chi connectivity index (χ0) is 19.2. The predicted octanol–water partition coefficient (Wildman–Crippen LogP) is -0.220. The molecule has 2 aromatic heterocycles. The Morgan fingerprint density at radius 3 is 3.00 bits per heavy atom. The van der Waals surface area contributed by atoms with E-state index >= 15 is 0 Å². The molecule has 0 radical (unpaired) electrons. The zero-order valence-corrected chi connectivity index (χ0v) is 15.6. The Morgan fingerprint density at radius 1 is 1.37 bits per heavy atom. The van der Waals surface area contributed by atoms with Crippen LogP contribution in [-0.2, 0) is 27.4 Å². The molecule has 10 heteroatoms. The van der Waals surface area contributed by atoms with E-state index in [-0.39, 0.29) is 24.0 Å². The van der Waals surface area contributed by atoms with Crippen LogP contribution in [0.4, 0.5) is 0 Å². The van der Waals surface area contributed by atoms with Crippen molar-refractivity contribution in [1.29, 1.82) is 0 Å². The van der Waals surface area contributed by atoms with Gasteiger partial charge in [0.05, 0.1) is 26.3 Å². The fourth-order valence-corrected chi connectivity index (χ4v) is 3.09. The zero-order valence-electron chi connectivity index (χ0n) is 15.6. The molecule has 1 aliphatic rings. The maximum atomic E-state index is 12.6. The predicted molar refractivity (Wildman–Crippen MR) is 95.0 cm³/mol. The first-order chi connectivity index (χ1) is 13.1. The van der Waals surface area contributed by atoms with Crippen molar-refractivity contribution in [2.24, 2.45) is 0 Å². The Balaban J connectivity index is 1.61. The van der Waals surface area contributed by atoms with E-state index in [1.165, 1.54) is 6.07 Å². The van der Waals surface area contributed by atoms with Crippen molar-refractivity contribution in [2.45, 2.75) is 32.5 Å². The largest absolute Gasteiger partial charge is 0.383 e. The number of aryl methyl sites for hydroxylation is 1. The molecule has 2 aromatic rings. The molecule has 3 rings (SSSR count). The number of aromatic nitrogens is 5. The summed E-state index contributed by atoms with van der Waals surface area (Å²) in [6, 6.07) is 5.08. The second-order valence-electron chi connectivity index (χ2n) is 6.36. The first-order valence-corrected chi connectivity index (χ1v) is 8.91. The molecule has 1 amide bonds. The number of methoxy groups -OCH3 is 1. The van der Waals surface area contributed by atoms with Crippen LogP contribution in [0.5, 0.6) is 0 Å². The van der Waals surface area contributed by atoms with Gasteiger partial charge in [0.2, 0.25) is 5.91 Å². The number of tetrazole rings is 1. The van der Waals surface area contributed by atoms with E-state index in [1.54, 1.807) is 27.3 Å². The molecule has 27 heavy (non-hydrogen) atoms. The average molecular weight is 376 g/mol. The van der Waals surface area contributed by atoms with Crippen LogP contribution in [-0.4, -0.2) is 69.0 Å². The van der Waals surface area contributed by atoms with E-state index in [0.717, 1.165) is 5.69 Å². The number of hydrogen-bond donors (Lipinski definition) is 0. The van der Waals surface area contributed by atoms with E-state index in [1.807, 2.05) is 13.0 Å². The molecular formula is C17H24N6O4. The van der Waals surface area contributed by atoms with Gasteiger partial charge in [-0.25, -0.2) is 4.68 Å². The van der Waals surface area contributed by atoms with Gasteiger partial charge in [-0.1, -0.05) is 6.07 Å². The van der Waals surface area contributed by atoms with E-state index in [4.69, 9.17) is 9.47 Å². The van der Waals surface area contributed by atoms with Crippen molar-refractivity contribution in [3.63, 3.8) is 0 Å². The number of nitrogens with zero attached hydrogens (tertiary/aromatic N) is 6. The molecule has 0 aromatic carbocycles. The number of amides is 1. The van der Waals surface area contributed by atoms with Crippen LogP contribution >= 0.6 is 0 Å². The summed E-state index contributed by atoms with van der Waals surface area (Å²) < 4.78 is 14.1. The standard InChI is InChI=1S/C17H24N6O4/c1-13-4-3-5-16(25)22(13)7-6-15(24)21-8-11-27-14(12-21)17-18-19-20-23(17)9-10-26-2/h3-5,14H,6-12H2,1-2H3/t14-/m0/s1. The van der Waals surface area contributed by atoms with Gasteiger partial charge < -0.3 is 18.9 Å². The lowest BCUT2D eigenvalue weighted by Crippen LogP contribution is -2.43. The number of hydrogen-bond acceptors (Lipinski definition) is 7. The average Bonchev–Trinajstić information content (AvgIpc) is 3.14. The molecule has 1 saturated heterocycles. The summed E-state index contributed by atoms with van der Waals surface area (Å²) in [6.45, 7) is 4.53. The van der Waals surface area contributed by atoms with Crippen LogP contribution in [0.25, 0.3) is 0 Å². The Hall–Kier alpha value is -2.59. The Bertz CT molecular complexity index is 833. The number of ether oxygens (including phenoxy) is 2. The van der Waals surface area contributed by atoms with Gasteiger partial charge in [0.25, 0.3) is 5.56 Å². The van der Waals surface area contributed by atoms with E-state index in [0.29, 0.717) is 45.2 Å². The number of carbonyl (C=O) groups excluding carboxylic acids is 1. The quantitative estimate of drug-likeness (QED) is 0.658. The molecule has 10 nitrogen and oxygen atoms in total. The van der Waals surface area contributed by atoms with Crippen LogP contribution in [0.2, 0.25) is 0 Å². The molecule has 0 bridgehead atoms. The second-order valence-corrected chi connectivity index (χ2v) is 6.36. The van der Waals surface area contributed by atoms with E-state index < -0.39 is 0 Å². The van der Waals surface area contributed by atoms with Gasteiger partial charge in [0, 0.05) is 38.4 Å². The number of pyridine rings is 1. The molecule has 1 fully saturated rings. The van der Waals surface area contributed by atoms with Crippen LogP contribution in [0, 0.1) is 6.92 Å². The smallest absolute Gasteiger partial charge is 0.250 e. The highest BCUT2D eigenvalue weighted by Crippen LogP contribution is 2.20. The van der Waals surface area contributed by atoms with Gasteiger partial charge in [0.1, 0.15) is 6.10 Å². The van der Waals surface area contributed by atoms with Crippen LogP contribution in [0.1, 0.15) is 24.0 Å². The molecule has 1 aliphatic heterocycles. The van der Waals surface area contributed by atoms with Crippen molar-refractivity contribution in [3.05, 3.63) is 40.1 Å². The molecule has 0 N–H and O–H groups in total. The summed E-state index contributed by atoms with van der Waals surface area (Å²) in [5.41, 5.74) is 0.743. The third kappa shape index (κ3) is 4.58. The molecular weight excluding hydrogens is 352 g/mol.